The van der Waals surface area contributed by atoms with Crippen LogP contribution in [0.25, 0.3) is 0 Å². The van der Waals surface area contributed by atoms with Crippen LogP contribution in [0.5, 0.6) is 0 Å². The molecule has 0 unspecified atom stereocenters. The molecule has 30 heavy (non-hydrogen) atoms. The Balaban J connectivity index is 2.02. The summed E-state index contributed by atoms with van der Waals surface area (Å²) in [6, 6.07) is 3.43. The molecule has 0 spiro atoms. The Bertz CT molecular complexity index is 1120. The second-order valence-corrected chi connectivity index (χ2v) is 9.23. The number of likely N-dealkylation sites (N-methyl/N-ethyl adjacent to an activating group) is 1. The van der Waals surface area contributed by atoms with Gasteiger partial charge in [0.1, 0.15) is 5.69 Å². The summed E-state index contributed by atoms with van der Waals surface area (Å²) in [5.74, 6) is 0.723. The first-order chi connectivity index (χ1) is 14.0. The molecule has 1 aliphatic rings. The van der Waals surface area contributed by atoms with Crippen molar-refractivity contribution < 1.29 is 18.0 Å². The van der Waals surface area contributed by atoms with Gasteiger partial charge in [0, 0.05) is 30.7 Å². The van der Waals surface area contributed by atoms with Crippen LogP contribution in [0, 0.1) is 0 Å². The van der Waals surface area contributed by atoms with Crippen molar-refractivity contribution in [3.8, 4) is 0 Å². The summed E-state index contributed by atoms with van der Waals surface area (Å²) in [4.78, 5) is 35.5. The van der Waals surface area contributed by atoms with E-state index in [1.807, 2.05) is 18.7 Å². The summed E-state index contributed by atoms with van der Waals surface area (Å²) in [7, 11) is -1.89. The van der Waals surface area contributed by atoms with Crippen molar-refractivity contribution in [2.75, 3.05) is 40.3 Å². The van der Waals surface area contributed by atoms with Crippen LogP contribution in [0.15, 0.2) is 29.3 Å². The molecule has 2 heterocycles. The summed E-state index contributed by atoms with van der Waals surface area (Å²) in [6.45, 7) is 4.09. The number of nitrogens with two attached hydrogens (primary N) is 1. The zero-order chi connectivity index (χ0) is 22.2. The lowest BCUT2D eigenvalue weighted by molar-refractivity contribution is -0.117. The lowest BCUT2D eigenvalue weighted by Gasteiger charge is -2.36. The van der Waals surface area contributed by atoms with Crippen molar-refractivity contribution in [3.05, 3.63) is 24.4 Å². The highest BCUT2D eigenvalue weighted by molar-refractivity contribution is 7.90. The number of carbonyl (C=O) groups excluding carboxylic acids is 2. The number of nitrogens with zero attached hydrogens (tertiary/aromatic N) is 4. The number of hydrogen-bond donors (Lipinski definition) is 3. The minimum absolute atomic E-state index is 0.0108. The summed E-state index contributed by atoms with van der Waals surface area (Å²) in [6.07, 6.45) is 2.59. The molecule has 3 rings (SSSR count). The van der Waals surface area contributed by atoms with Gasteiger partial charge in [-0.15, -0.1) is 0 Å². The number of primary amides is 1. The fourth-order valence-electron chi connectivity index (χ4n) is 2.99. The monoisotopic (exact) mass is 433 g/mol. The fraction of sp³-hybridized carbons (Fsp3) is 0.333. The Morgan fingerprint density at radius 3 is 2.50 bits per heavy atom. The predicted octanol–water partition coefficient (Wildman–Crippen LogP) is 1.31. The van der Waals surface area contributed by atoms with Crippen LogP contribution >= 0.6 is 0 Å². The molecule has 3 amide bonds. The molecule has 160 valence electrons. The van der Waals surface area contributed by atoms with Crippen molar-refractivity contribution in [3.63, 3.8) is 0 Å². The fourth-order valence-corrected chi connectivity index (χ4v) is 3.67. The van der Waals surface area contributed by atoms with E-state index in [0.29, 0.717) is 17.2 Å². The van der Waals surface area contributed by atoms with Gasteiger partial charge in [0.15, 0.2) is 15.7 Å². The van der Waals surface area contributed by atoms with Crippen LogP contribution in [0.4, 0.5) is 33.6 Å². The summed E-state index contributed by atoms with van der Waals surface area (Å²) in [5, 5.41) is 5.32. The molecule has 1 aromatic heterocycles. The number of fused-ring (bicyclic) bond motifs is 1. The molecule has 4 N–H and O–H groups in total. The minimum Gasteiger partial charge on any atom is -0.351 e. The number of urea groups is 1. The zero-order valence-electron chi connectivity index (χ0n) is 17.0. The zero-order valence-corrected chi connectivity index (χ0v) is 17.8. The van der Waals surface area contributed by atoms with E-state index in [2.05, 4.69) is 20.6 Å². The van der Waals surface area contributed by atoms with E-state index in [9.17, 15) is 18.0 Å². The van der Waals surface area contributed by atoms with E-state index in [0.717, 1.165) is 6.26 Å². The van der Waals surface area contributed by atoms with Gasteiger partial charge in [-0.2, -0.15) is 4.98 Å². The van der Waals surface area contributed by atoms with Crippen LogP contribution in [-0.2, 0) is 14.6 Å². The highest BCUT2D eigenvalue weighted by Crippen LogP contribution is 2.33. The minimum atomic E-state index is -3.55. The van der Waals surface area contributed by atoms with Gasteiger partial charge in [-0.3, -0.25) is 4.79 Å². The number of benzene rings is 1. The number of carbonyl (C=O) groups is 2. The van der Waals surface area contributed by atoms with E-state index in [1.54, 1.807) is 7.05 Å². The molecule has 1 aliphatic heterocycles. The number of amides is 3. The third-order valence-electron chi connectivity index (χ3n) is 4.54. The summed E-state index contributed by atoms with van der Waals surface area (Å²) < 4.78 is 24.0. The van der Waals surface area contributed by atoms with Crippen LogP contribution < -0.4 is 26.2 Å². The van der Waals surface area contributed by atoms with E-state index in [-0.39, 0.29) is 35.0 Å². The molecule has 12 heteroatoms. The molecule has 0 fully saturated rings. The Hall–Kier alpha value is -3.41. The first-order valence-electron chi connectivity index (χ1n) is 9.04. The van der Waals surface area contributed by atoms with Crippen molar-refractivity contribution in [1.82, 2.24) is 9.97 Å². The lowest BCUT2D eigenvalue weighted by Crippen LogP contribution is -2.47. The van der Waals surface area contributed by atoms with E-state index in [1.165, 1.54) is 29.3 Å². The van der Waals surface area contributed by atoms with E-state index < -0.39 is 15.9 Å². The van der Waals surface area contributed by atoms with Crippen LogP contribution in [0.1, 0.15) is 13.8 Å². The van der Waals surface area contributed by atoms with Crippen LogP contribution in [0.2, 0.25) is 0 Å². The van der Waals surface area contributed by atoms with Crippen LogP contribution in [-0.4, -0.2) is 56.2 Å². The lowest BCUT2D eigenvalue weighted by atomic mass is 10.2. The maximum atomic E-state index is 12.2. The van der Waals surface area contributed by atoms with Gasteiger partial charge in [-0.25, -0.2) is 18.2 Å². The molecule has 0 aliphatic carbocycles. The summed E-state index contributed by atoms with van der Waals surface area (Å²) in [5.41, 5.74) is 6.28. The van der Waals surface area contributed by atoms with Gasteiger partial charge in [0.25, 0.3) is 0 Å². The molecule has 0 saturated heterocycles. The second kappa shape index (κ2) is 7.78. The number of rotatable bonds is 5. The second-order valence-electron chi connectivity index (χ2n) is 7.21. The van der Waals surface area contributed by atoms with Crippen LogP contribution in [0.3, 0.4) is 0 Å². The Morgan fingerprint density at radius 1 is 1.23 bits per heavy atom. The number of nitrogens with one attached hydrogen (secondary N) is 2. The first-order valence-corrected chi connectivity index (χ1v) is 10.9. The molecule has 0 saturated carbocycles. The molecule has 11 nitrogen and oxygen atoms in total. The van der Waals surface area contributed by atoms with Gasteiger partial charge in [0.05, 0.1) is 17.6 Å². The normalized spacial score (nSPS) is 14.0. The quantitative estimate of drug-likeness (QED) is 0.638. The van der Waals surface area contributed by atoms with Gasteiger partial charge in [-0.05, 0) is 32.0 Å². The third-order valence-corrected chi connectivity index (χ3v) is 5.64. The number of sulfone groups is 1. The Morgan fingerprint density at radius 2 is 1.90 bits per heavy atom. The molecular formula is C18H23N7O4S. The maximum Gasteiger partial charge on any atom is 0.316 e. The standard InChI is InChI=1S/C18H23N7O4S/c1-10(2)25-9-15(26)24(3)14-8-20-18(23-16(14)25)22-12-5-11(21-17(19)27)6-13(7-12)30(4,28)29/h5-8,10H,9H2,1-4H3,(H3,19,21,27)(H,20,22,23). The van der Waals surface area contributed by atoms with E-state index in [4.69, 9.17) is 5.73 Å². The van der Waals surface area contributed by atoms with Gasteiger partial charge in [-0.1, -0.05) is 0 Å². The van der Waals surface area contributed by atoms with Gasteiger partial charge >= 0.3 is 6.03 Å². The molecule has 0 atom stereocenters. The molecular weight excluding hydrogens is 410 g/mol. The van der Waals surface area contributed by atoms with Crippen molar-refractivity contribution in [2.24, 2.45) is 5.73 Å². The molecule has 0 radical (unpaired) electrons. The molecule has 1 aromatic carbocycles. The topological polar surface area (TPSA) is 151 Å². The number of anilines is 5. The molecule has 2 aromatic rings. The molecule has 0 bridgehead atoms. The Labute approximate surface area is 174 Å². The van der Waals surface area contributed by atoms with Crippen molar-refractivity contribution >= 4 is 50.6 Å². The van der Waals surface area contributed by atoms with Gasteiger partial charge < -0.3 is 26.2 Å². The van der Waals surface area contributed by atoms with Crippen molar-refractivity contribution in [1.29, 1.82) is 0 Å². The van der Waals surface area contributed by atoms with E-state index >= 15 is 0 Å². The predicted molar refractivity (Wildman–Crippen MR) is 114 cm³/mol. The number of hydrogen-bond acceptors (Lipinski definition) is 8. The first kappa shape index (κ1) is 21.3. The Kier molecular flexibility index (Phi) is 5.53. The summed E-state index contributed by atoms with van der Waals surface area (Å²) >= 11 is 0. The smallest absolute Gasteiger partial charge is 0.316 e. The number of aromatic nitrogens is 2. The SMILES string of the molecule is CC(C)N1CC(=O)N(C)c2cnc(Nc3cc(NC(N)=O)cc(S(C)(=O)=O)c3)nc21. The average Bonchev–Trinajstić information content (AvgIpc) is 2.63. The highest BCUT2D eigenvalue weighted by Gasteiger charge is 2.30. The highest BCUT2D eigenvalue weighted by atomic mass is 32.2. The average molecular weight is 433 g/mol. The van der Waals surface area contributed by atoms with Gasteiger partial charge in [0.2, 0.25) is 11.9 Å². The largest absolute Gasteiger partial charge is 0.351 e. The third kappa shape index (κ3) is 4.43. The maximum absolute atomic E-state index is 12.2. The van der Waals surface area contributed by atoms with Crippen molar-refractivity contribution in [2.45, 2.75) is 24.8 Å².